The van der Waals surface area contributed by atoms with Crippen molar-refractivity contribution in [2.75, 3.05) is 11.6 Å². The van der Waals surface area contributed by atoms with Crippen LogP contribution < -0.4 is 15.0 Å². The molecule has 1 unspecified atom stereocenters. The Kier molecular flexibility index (Phi) is 6.16. The molecule has 0 saturated carbocycles. The standard InChI is InChI=1S/C23H19ClN2O5S/c1-2-13-3-8-17-16(11-13)22(28)26(12-31-17)15-6-4-14(5-7-15)21(27)25-20(23(29)30)18-9-10-19(24)32-18/h3-11,20H,2,12H2,1H3,(H,25,27)(H,29,30). The van der Waals surface area contributed by atoms with Crippen molar-refractivity contribution in [1.29, 1.82) is 0 Å². The van der Waals surface area contributed by atoms with E-state index in [-0.39, 0.29) is 18.2 Å². The summed E-state index contributed by atoms with van der Waals surface area (Å²) in [4.78, 5) is 39.1. The zero-order chi connectivity index (χ0) is 22.8. The Morgan fingerprint density at radius 1 is 1.19 bits per heavy atom. The van der Waals surface area contributed by atoms with Crippen molar-refractivity contribution in [3.05, 3.63) is 80.5 Å². The van der Waals surface area contributed by atoms with Crippen LogP contribution in [0.4, 0.5) is 5.69 Å². The first-order valence-corrected chi connectivity index (χ1v) is 11.0. The number of aliphatic carboxylic acids is 1. The van der Waals surface area contributed by atoms with Gasteiger partial charge in [-0.25, -0.2) is 4.79 Å². The zero-order valence-corrected chi connectivity index (χ0v) is 18.6. The lowest BCUT2D eigenvalue weighted by Crippen LogP contribution is -2.38. The molecule has 0 saturated heterocycles. The third kappa shape index (κ3) is 4.32. The van der Waals surface area contributed by atoms with Gasteiger partial charge in [-0.3, -0.25) is 14.5 Å². The van der Waals surface area contributed by atoms with Crippen LogP contribution >= 0.6 is 22.9 Å². The second-order valence-corrected chi connectivity index (χ2v) is 8.87. The number of carbonyl (C=O) groups is 3. The highest BCUT2D eigenvalue weighted by Crippen LogP contribution is 2.30. The van der Waals surface area contributed by atoms with Gasteiger partial charge >= 0.3 is 5.97 Å². The van der Waals surface area contributed by atoms with Gasteiger partial charge in [0, 0.05) is 16.1 Å². The lowest BCUT2D eigenvalue weighted by Gasteiger charge is -2.29. The minimum atomic E-state index is -1.21. The van der Waals surface area contributed by atoms with E-state index < -0.39 is 17.9 Å². The van der Waals surface area contributed by atoms with Crippen LogP contribution in [-0.4, -0.2) is 29.6 Å². The van der Waals surface area contributed by atoms with Gasteiger partial charge in [0.25, 0.3) is 11.8 Å². The summed E-state index contributed by atoms with van der Waals surface area (Å²) in [5.41, 5.74) is 2.37. The van der Waals surface area contributed by atoms with Crippen LogP contribution in [0.15, 0.2) is 54.6 Å². The molecule has 1 aromatic heterocycles. The van der Waals surface area contributed by atoms with Gasteiger partial charge in [0.1, 0.15) is 5.75 Å². The maximum Gasteiger partial charge on any atom is 0.331 e. The van der Waals surface area contributed by atoms with Gasteiger partial charge < -0.3 is 15.2 Å². The Hall–Kier alpha value is -3.36. The number of carboxylic acids is 1. The molecule has 0 fully saturated rings. The Labute approximate surface area is 193 Å². The molecule has 164 valence electrons. The largest absolute Gasteiger partial charge is 0.479 e. The molecular formula is C23H19ClN2O5S. The number of halogens is 1. The summed E-state index contributed by atoms with van der Waals surface area (Å²) in [7, 11) is 0. The zero-order valence-electron chi connectivity index (χ0n) is 17.0. The SMILES string of the molecule is CCc1ccc2c(c1)C(=O)N(c1ccc(C(=O)NC(C(=O)O)c3ccc(Cl)s3)cc1)CO2. The minimum Gasteiger partial charge on any atom is -0.479 e. The van der Waals surface area contributed by atoms with Gasteiger partial charge in [0.15, 0.2) is 12.8 Å². The molecule has 2 heterocycles. The van der Waals surface area contributed by atoms with E-state index in [2.05, 4.69) is 5.32 Å². The fraction of sp³-hybridized carbons (Fsp3) is 0.174. The monoisotopic (exact) mass is 470 g/mol. The van der Waals surface area contributed by atoms with E-state index in [0.717, 1.165) is 23.3 Å². The van der Waals surface area contributed by atoms with E-state index in [1.807, 2.05) is 19.1 Å². The third-order valence-corrected chi connectivity index (χ3v) is 6.42. The molecule has 0 spiro atoms. The van der Waals surface area contributed by atoms with Gasteiger partial charge in [-0.1, -0.05) is 24.6 Å². The normalized spacial score (nSPS) is 13.8. The molecule has 2 aromatic carbocycles. The first-order chi connectivity index (χ1) is 15.4. The summed E-state index contributed by atoms with van der Waals surface area (Å²) < 4.78 is 6.15. The average molecular weight is 471 g/mol. The van der Waals surface area contributed by atoms with E-state index in [4.69, 9.17) is 16.3 Å². The number of ether oxygens (including phenoxy) is 1. The quantitative estimate of drug-likeness (QED) is 0.552. The van der Waals surface area contributed by atoms with E-state index in [0.29, 0.717) is 26.2 Å². The first kappa shape index (κ1) is 21.9. The second-order valence-electron chi connectivity index (χ2n) is 7.12. The van der Waals surface area contributed by atoms with Crippen molar-refractivity contribution >= 4 is 46.4 Å². The maximum atomic E-state index is 13.0. The predicted octanol–water partition coefficient (Wildman–Crippen LogP) is 4.52. The van der Waals surface area contributed by atoms with Gasteiger partial charge in [-0.15, -0.1) is 11.3 Å². The number of carbonyl (C=O) groups excluding carboxylic acids is 2. The summed E-state index contributed by atoms with van der Waals surface area (Å²) in [5.74, 6) is -1.37. The molecule has 7 nitrogen and oxygen atoms in total. The number of carboxylic acid groups (broad SMARTS) is 1. The number of thiophene rings is 1. The number of benzene rings is 2. The minimum absolute atomic E-state index is 0.0586. The predicted molar refractivity (Wildman–Crippen MR) is 122 cm³/mol. The molecule has 4 rings (SSSR count). The Balaban J connectivity index is 1.51. The van der Waals surface area contributed by atoms with E-state index in [9.17, 15) is 19.5 Å². The molecule has 3 aromatic rings. The van der Waals surface area contributed by atoms with Crippen LogP contribution in [-0.2, 0) is 11.2 Å². The van der Waals surface area contributed by atoms with E-state index >= 15 is 0 Å². The summed E-state index contributed by atoms with van der Waals surface area (Å²) in [6.07, 6.45) is 0.805. The van der Waals surface area contributed by atoms with Gasteiger partial charge in [-0.2, -0.15) is 0 Å². The van der Waals surface area contributed by atoms with Gasteiger partial charge in [0.2, 0.25) is 0 Å². The number of rotatable bonds is 6. The molecular weight excluding hydrogens is 452 g/mol. The molecule has 0 radical (unpaired) electrons. The summed E-state index contributed by atoms with van der Waals surface area (Å²) >= 11 is 6.98. The summed E-state index contributed by atoms with van der Waals surface area (Å²) in [5, 5.41) is 12.0. The van der Waals surface area contributed by atoms with Crippen molar-refractivity contribution in [2.45, 2.75) is 19.4 Å². The highest BCUT2D eigenvalue weighted by atomic mass is 35.5. The van der Waals surface area contributed by atoms with Crippen molar-refractivity contribution in [2.24, 2.45) is 0 Å². The van der Waals surface area contributed by atoms with Crippen LogP contribution in [0.5, 0.6) is 5.75 Å². The molecule has 0 bridgehead atoms. The number of hydrogen-bond donors (Lipinski definition) is 2. The third-order valence-electron chi connectivity index (χ3n) is 5.12. The number of fused-ring (bicyclic) bond motifs is 1. The first-order valence-electron chi connectivity index (χ1n) is 9.84. The second kappa shape index (κ2) is 9.02. The topological polar surface area (TPSA) is 95.9 Å². The number of nitrogens with one attached hydrogen (secondary N) is 1. The molecule has 2 N–H and O–H groups in total. The van der Waals surface area contributed by atoms with Crippen molar-refractivity contribution in [1.82, 2.24) is 5.32 Å². The molecule has 2 amide bonds. The average Bonchev–Trinajstić information content (AvgIpc) is 3.23. The fourth-order valence-electron chi connectivity index (χ4n) is 3.37. The van der Waals surface area contributed by atoms with Crippen LogP contribution in [0, 0.1) is 0 Å². The maximum absolute atomic E-state index is 13.0. The molecule has 0 aliphatic carbocycles. The Bertz CT molecular complexity index is 1190. The number of hydrogen-bond acceptors (Lipinski definition) is 5. The van der Waals surface area contributed by atoms with Crippen molar-refractivity contribution in [3.8, 4) is 5.75 Å². The number of aryl methyl sites for hydroxylation is 1. The number of anilines is 1. The summed E-state index contributed by atoms with van der Waals surface area (Å²) in [6.45, 7) is 2.07. The molecule has 9 heteroatoms. The van der Waals surface area contributed by atoms with Crippen molar-refractivity contribution in [3.63, 3.8) is 0 Å². The summed E-state index contributed by atoms with van der Waals surface area (Å²) in [6, 6.07) is 13.8. The van der Waals surface area contributed by atoms with Gasteiger partial charge in [-0.05, 0) is 60.5 Å². The number of nitrogens with zero attached hydrogens (tertiary/aromatic N) is 1. The van der Waals surface area contributed by atoms with Crippen LogP contribution in [0.25, 0.3) is 0 Å². The highest BCUT2D eigenvalue weighted by Gasteiger charge is 2.28. The molecule has 32 heavy (non-hydrogen) atoms. The smallest absolute Gasteiger partial charge is 0.331 e. The molecule has 1 aliphatic rings. The molecule has 1 aliphatic heterocycles. The lowest BCUT2D eigenvalue weighted by atomic mass is 10.1. The molecule has 1 atom stereocenters. The van der Waals surface area contributed by atoms with Crippen molar-refractivity contribution < 1.29 is 24.2 Å². The van der Waals surface area contributed by atoms with Crippen LogP contribution in [0.3, 0.4) is 0 Å². The van der Waals surface area contributed by atoms with Gasteiger partial charge in [0.05, 0.1) is 9.90 Å². The lowest BCUT2D eigenvalue weighted by molar-refractivity contribution is -0.139. The Morgan fingerprint density at radius 3 is 2.56 bits per heavy atom. The van der Waals surface area contributed by atoms with Crippen LogP contribution in [0.2, 0.25) is 4.34 Å². The fourth-order valence-corrected chi connectivity index (χ4v) is 4.47. The van der Waals surface area contributed by atoms with E-state index in [1.54, 1.807) is 30.3 Å². The van der Waals surface area contributed by atoms with E-state index in [1.165, 1.54) is 17.0 Å². The Morgan fingerprint density at radius 2 is 1.94 bits per heavy atom. The number of amides is 2. The van der Waals surface area contributed by atoms with Crippen LogP contribution in [0.1, 0.15) is 44.1 Å². The highest BCUT2D eigenvalue weighted by molar-refractivity contribution is 7.16.